The molecule has 0 aliphatic carbocycles. The van der Waals surface area contributed by atoms with Gasteiger partial charge in [-0.2, -0.15) is 5.10 Å². The molecule has 2 N–H and O–H groups in total. The molecular formula is C10H11N3O2. The van der Waals surface area contributed by atoms with Crippen LogP contribution in [0.1, 0.15) is 10.4 Å². The van der Waals surface area contributed by atoms with Crippen LogP contribution in [0.25, 0.3) is 10.9 Å². The second kappa shape index (κ2) is 3.27. The number of methoxy groups -OCH3 is 1. The number of aromatic nitrogens is 2. The Hall–Kier alpha value is -2.04. The van der Waals surface area contributed by atoms with Gasteiger partial charge in [0.25, 0.3) is 0 Å². The van der Waals surface area contributed by atoms with Gasteiger partial charge < -0.3 is 10.5 Å². The molecule has 15 heavy (non-hydrogen) atoms. The van der Waals surface area contributed by atoms with E-state index < -0.39 is 5.97 Å². The van der Waals surface area contributed by atoms with Gasteiger partial charge in [0.2, 0.25) is 0 Å². The van der Waals surface area contributed by atoms with Crippen LogP contribution in [0.15, 0.2) is 18.3 Å². The molecule has 0 bridgehead atoms. The first-order valence-electron chi connectivity index (χ1n) is 4.43. The van der Waals surface area contributed by atoms with Gasteiger partial charge in [0.05, 0.1) is 18.8 Å². The fourth-order valence-corrected chi connectivity index (χ4v) is 1.60. The van der Waals surface area contributed by atoms with Crippen molar-refractivity contribution in [2.24, 2.45) is 7.05 Å². The summed E-state index contributed by atoms with van der Waals surface area (Å²) < 4.78 is 6.30. The Kier molecular flexibility index (Phi) is 2.07. The highest BCUT2D eigenvalue weighted by Crippen LogP contribution is 2.24. The molecule has 5 nitrogen and oxygen atoms in total. The molecule has 0 spiro atoms. The van der Waals surface area contributed by atoms with Crippen molar-refractivity contribution in [1.82, 2.24) is 9.78 Å². The molecule has 0 atom stereocenters. The molecule has 0 unspecified atom stereocenters. The van der Waals surface area contributed by atoms with Crippen molar-refractivity contribution in [3.63, 3.8) is 0 Å². The molecule has 0 radical (unpaired) electrons. The lowest BCUT2D eigenvalue weighted by atomic mass is 10.1. The second-order valence-corrected chi connectivity index (χ2v) is 3.23. The third-order valence-electron chi connectivity index (χ3n) is 2.32. The summed E-state index contributed by atoms with van der Waals surface area (Å²) in [7, 11) is 3.09. The van der Waals surface area contributed by atoms with Crippen LogP contribution in [0.4, 0.5) is 5.69 Å². The molecular weight excluding hydrogens is 194 g/mol. The Bertz CT molecular complexity index is 531. The number of hydrogen-bond donors (Lipinski definition) is 1. The maximum atomic E-state index is 11.6. The first-order valence-corrected chi connectivity index (χ1v) is 4.43. The van der Waals surface area contributed by atoms with Crippen molar-refractivity contribution in [3.8, 4) is 0 Å². The zero-order chi connectivity index (χ0) is 11.0. The Morgan fingerprint density at radius 1 is 1.53 bits per heavy atom. The first kappa shape index (κ1) is 9.51. The molecule has 1 heterocycles. The molecule has 1 aromatic heterocycles. The van der Waals surface area contributed by atoms with Crippen molar-refractivity contribution in [2.75, 3.05) is 12.8 Å². The average molecular weight is 205 g/mol. The van der Waals surface area contributed by atoms with Gasteiger partial charge in [-0.15, -0.1) is 0 Å². The summed E-state index contributed by atoms with van der Waals surface area (Å²) in [6.45, 7) is 0. The van der Waals surface area contributed by atoms with Crippen LogP contribution < -0.4 is 5.73 Å². The van der Waals surface area contributed by atoms with E-state index >= 15 is 0 Å². The molecule has 78 valence electrons. The zero-order valence-corrected chi connectivity index (χ0v) is 8.52. The Morgan fingerprint density at radius 2 is 2.27 bits per heavy atom. The third-order valence-corrected chi connectivity index (χ3v) is 2.32. The van der Waals surface area contributed by atoms with E-state index in [0.717, 1.165) is 5.39 Å². The average Bonchev–Trinajstić information content (AvgIpc) is 2.60. The van der Waals surface area contributed by atoms with Crippen LogP contribution in [0.5, 0.6) is 0 Å². The van der Waals surface area contributed by atoms with Gasteiger partial charge in [0.1, 0.15) is 5.56 Å². The maximum Gasteiger partial charge on any atom is 0.342 e. The van der Waals surface area contributed by atoms with Gasteiger partial charge in [-0.1, -0.05) is 0 Å². The van der Waals surface area contributed by atoms with E-state index in [9.17, 15) is 4.79 Å². The van der Waals surface area contributed by atoms with E-state index in [0.29, 0.717) is 16.8 Å². The van der Waals surface area contributed by atoms with Crippen molar-refractivity contribution in [2.45, 2.75) is 0 Å². The number of nitrogens with two attached hydrogens (primary N) is 1. The number of anilines is 1. The number of benzene rings is 1. The zero-order valence-electron chi connectivity index (χ0n) is 8.52. The van der Waals surface area contributed by atoms with E-state index in [2.05, 4.69) is 9.84 Å². The van der Waals surface area contributed by atoms with E-state index in [1.807, 2.05) is 6.07 Å². The van der Waals surface area contributed by atoms with E-state index in [4.69, 9.17) is 5.73 Å². The topological polar surface area (TPSA) is 70.1 Å². The predicted octanol–water partition coefficient (Wildman–Crippen LogP) is 0.942. The van der Waals surface area contributed by atoms with Crippen molar-refractivity contribution in [1.29, 1.82) is 0 Å². The molecule has 0 saturated carbocycles. The summed E-state index contributed by atoms with van der Waals surface area (Å²) in [5.41, 5.74) is 7.22. The Balaban J connectivity index is 2.84. The molecule has 0 saturated heterocycles. The third kappa shape index (κ3) is 1.32. The Morgan fingerprint density at radius 3 is 2.93 bits per heavy atom. The van der Waals surface area contributed by atoms with Gasteiger partial charge in [-0.3, -0.25) is 4.68 Å². The number of hydrogen-bond acceptors (Lipinski definition) is 4. The summed E-state index contributed by atoms with van der Waals surface area (Å²) in [4.78, 5) is 11.6. The molecule has 5 heteroatoms. The van der Waals surface area contributed by atoms with E-state index in [1.165, 1.54) is 7.11 Å². The smallest absolute Gasteiger partial charge is 0.342 e. The number of esters is 1. The van der Waals surface area contributed by atoms with Crippen LogP contribution in [0, 0.1) is 0 Å². The second-order valence-electron chi connectivity index (χ2n) is 3.23. The summed E-state index contributed by atoms with van der Waals surface area (Å²) in [5, 5.41) is 4.94. The largest absolute Gasteiger partial charge is 0.465 e. The fourth-order valence-electron chi connectivity index (χ4n) is 1.60. The number of ether oxygens (including phenoxy) is 1. The number of aryl methyl sites for hydroxylation is 1. The van der Waals surface area contributed by atoms with Crippen LogP contribution >= 0.6 is 0 Å². The van der Waals surface area contributed by atoms with Gasteiger partial charge in [-0.05, 0) is 12.1 Å². The molecule has 0 fully saturated rings. The highest BCUT2D eigenvalue weighted by molar-refractivity contribution is 6.07. The maximum absolute atomic E-state index is 11.6. The highest BCUT2D eigenvalue weighted by Gasteiger charge is 2.17. The number of nitrogen functional groups attached to an aromatic ring is 1. The number of carbonyl (C=O) groups excluding carboxylic acids is 1. The minimum absolute atomic E-state index is 0.370. The summed E-state index contributed by atoms with van der Waals surface area (Å²) >= 11 is 0. The number of nitrogens with zero attached hydrogens (tertiary/aromatic N) is 2. The monoisotopic (exact) mass is 205 g/mol. The minimum Gasteiger partial charge on any atom is -0.465 e. The quantitative estimate of drug-likeness (QED) is 0.555. The fraction of sp³-hybridized carbons (Fsp3) is 0.200. The van der Waals surface area contributed by atoms with Crippen LogP contribution in [0.3, 0.4) is 0 Å². The lowest BCUT2D eigenvalue weighted by Crippen LogP contribution is -2.08. The van der Waals surface area contributed by atoms with Crippen LogP contribution in [-0.2, 0) is 11.8 Å². The predicted molar refractivity (Wildman–Crippen MR) is 56.5 cm³/mol. The van der Waals surface area contributed by atoms with Gasteiger partial charge >= 0.3 is 5.97 Å². The van der Waals surface area contributed by atoms with Crippen molar-refractivity contribution < 1.29 is 9.53 Å². The molecule has 2 rings (SSSR count). The standard InChI is InChI=1S/C10H11N3O2/c1-13-9-6(5-12-13)3-4-7(11)8(9)10(14)15-2/h3-5H,11H2,1-2H3. The molecule has 1 aromatic carbocycles. The molecule has 0 aliphatic heterocycles. The number of carbonyl (C=O) groups is 1. The number of fused-ring (bicyclic) bond motifs is 1. The van der Waals surface area contributed by atoms with Gasteiger partial charge in [0, 0.05) is 18.1 Å². The van der Waals surface area contributed by atoms with E-state index in [1.54, 1.807) is 24.0 Å². The molecule has 0 aliphatic rings. The lowest BCUT2D eigenvalue weighted by molar-refractivity contribution is 0.0603. The first-order chi connectivity index (χ1) is 7.15. The summed E-state index contributed by atoms with van der Waals surface area (Å²) in [6, 6.07) is 3.50. The highest BCUT2D eigenvalue weighted by atomic mass is 16.5. The van der Waals surface area contributed by atoms with Gasteiger partial charge in [0.15, 0.2) is 0 Å². The van der Waals surface area contributed by atoms with Crippen LogP contribution in [-0.4, -0.2) is 22.9 Å². The lowest BCUT2D eigenvalue weighted by Gasteiger charge is -2.06. The van der Waals surface area contributed by atoms with E-state index in [-0.39, 0.29) is 0 Å². The Labute approximate surface area is 86.4 Å². The van der Waals surface area contributed by atoms with Crippen molar-refractivity contribution in [3.05, 3.63) is 23.9 Å². The number of rotatable bonds is 1. The summed E-state index contributed by atoms with van der Waals surface area (Å²) in [5.74, 6) is -0.443. The van der Waals surface area contributed by atoms with Gasteiger partial charge in [-0.25, -0.2) is 4.79 Å². The molecule has 2 aromatic rings. The summed E-state index contributed by atoms with van der Waals surface area (Å²) in [6.07, 6.45) is 1.68. The minimum atomic E-state index is -0.443. The molecule has 0 amide bonds. The normalized spacial score (nSPS) is 10.5. The van der Waals surface area contributed by atoms with Crippen molar-refractivity contribution >= 4 is 22.6 Å². The van der Waals surface area contributed by atoms with Crippen LogP contribution in [0.2, 0.25) is 0 Å². The SMILES string of the molecule is COC(=O)c1c(N)ccc2cnn(C)c12.